The number of nitro benzene ring substituents is 1. The summed E-state index contributed by atoms with van der Waals surface area (Å²) in [5, 5.41) is 16.8. The second-order valence-electron chi connectivity index (χ2n) is 6.43. The average molecular weight is 410 g/mol. The molecule has 0 atom stereocenters. The van der Waals surface area contributed by atoms with Crippen molar-refractivity contribution in [1.82, 2.24) is 4.98 Å². The van der Waals surface area contributed by atoms with Gasteiger partial charge in [-0.3, -0.25) is 14.9 Å². The Morgan fingerprint density at radius 2 is 1.93 bits per heavy atom. The first kappa shape index (κ1) is 19.0. The van der Waals surface area contributed by atoms with Crippen molar-refractivity contribution in [2.45, 2.75) is 0 Å². The molecule has 0 bridgehead atoms. The highest BCUT2D eigenvalue weighted by Gasteiger charge is 2.22. The predicted molar refractivity (Wildman–Crippen MR) is 112 cm³/mol. The lowest BCUT2D eigenvalue weighted by Crippen LogP contribution is -2.37. The smallest absolute Gasteiger partial charge is 0.270 e. The van der Waals surface area contributed by atoms with E-state index in [0.717, 1.165) is 10.6 Å². The van der Waals surface area contributed by atoms with Gasteiger partial charge >= 0.3 is 0 Å². The summed E-state index contributed by atoms with van der Waals surface area (Å²) in [6.07, 6.45) is 1.74. The van der Waals surface area contributed by atoms with Crippen LogP contribution >= 0.6 is 11.3 Å². The van der Waals surface area contributed by atoms with Gasteiger partial charge in [-0.2, -0.15) is 0 Å². The minimum atomic E-state index is -0.497. The summed E-state index contributed by atoms with van der Waals surface area (Å²) < 4.78 is 5.37. The van der Waals surface area contributed by atoms with E-state index in [1.54, 1.807) is 24.4 Å². The van der Waals surface area contributed by atoms with Crippen LogP contribution in [-0.2, 0) is 4.74 Å². The van der Waals surface area contributed by atoms with Crippen molar-refractivity contribution in [1.29, 1.82) is 0 Å². The van der Waals surface area contributed by atoms with Crippen molar-refractivity contribution in [3.05, 3.63) is 69.7 Å². The fourth-order valence-electron chi connectivity index (χ4n) is 3.16. The molecule has 0 unspecified atom stereocenters. The molecule has 4 rings (SSSR count). The van der Waals surface area contributed by atoms with E-state index in [4.69, 9.17) is 4.74 Å². The van der Waals surface area contributed by atoms with E-state index in [0.29, 0.717) is 37.7 Å². The third-order valence-electron chi connectivity index (χ3n) is 4.61. The van der Waals surface area contributed by atoms with Gasteiger partial charge in [0.2, 0.25) is 0 Å². The van der Waals surface area contributed by atoms with E-state index >= 15 is 0 Å². The number of non-ortho nitro benzene ring substituents is 1. The molecule has 0 saturated carbocycles. The summed E-state index contributed by atoms with van der Waals surface area (Å²) in [5.41, 5.74) is 2.38. The maximum Gasteiger partial charge on any atom is 0.270 e. The largest absolute Gasteiger partial charge is 0.378 e. The van der Waals surface area contributed by atoms with Crippen LogP contribution in [0.2, 0.25) is 0 Å². The number of benzene rings is 2. The molecule has 2 heterocycles. The van der Waals surface area contributed by atoms with Gasteiger partial charge in [0, 0.05) is 48.0 Å². The van der Waals surface area contributed by atoms with Crippen molar-refractivity contribution in [3.8, 4) is 10.6 Å². The molecule has 1 fully saturated rings. The van der Waals surface area contributed by atoms with Gasteiger partial charge in [0.25, 0.3) is 11.6 Å². The van der Waals surface area contributed by atoms with Crippen LogP contribution in [0.4, 0.5) is 17.1 Å². The minimum absolute atomic E-state index is 0.119. The van der Waals surface area contributed by atoms with Crippen molar-refractivity contribution < 1.29 is 14.5 Å². The molecule has 3 aromatic rings. The Bertz CT molecular complexity index is 1020. The molecule has 8 nitrogen and oxygen atoms in total. The number of hydrogen-bond acceptors (Lipinski definition) is 7. The monoisotopic (exact) mass is 410 g/mol. The number of hydrogen-bond donors (Lipinski definition) is 1. The van der Waals surface area contributed by atoms with E-state index in [2.05, 4.69) is 10.3 Å². The van der Waals surface area contributed by atoms with Crippen LogP contribution in [0.15, 0.2) is 54.0 Å². The summed E-state index contributed by atoms with van der Waals surface area (Å²) in [6.45, 7) is 2.35. The first-order valence-electron chi connectivity index (χ1n) is 9.04. The Labute approximate surface area is 170 Å². The molecule has 29 heavy (non-hydrogen) atoms. The lowest BCUT2D eigenvalue weighted by molar-refractivity contribution is -0.384. The molecule has 0 spiro atoms. The number of amides is 1. The van der Waals surface area contributed by atoms with Gasteiger partial charge in [-0.1, -0.05) is 0 Å². The summed E-state index contributed by atoms with van der Waals surface area (Å²) in [6, 6.07) is 11.7. The third-order valence-corrected chi connectivity index (χ3v) is 5.43. The quantitative estimate of drug-likeness (QED) is 0.507. The van der Waals surface area contributed by atoms with Gasteiger partial charge in [-0.15, -0.1) is 11.3 Å². The van der Waals surface area contributed by atoms with Crippen molar-refractivity contribution in [3.63, 3.8) is 0 Å². The molecular weight excluding hydrogens is 392 g/mol. The predicted octanol–water partition coefficient (Wildman–Crippen LogP) is 3.81. The topological polar surface area (TPSA) is 97.6 Å². The zero-order valence-corrected chi connectivity index (χ0v) is 16.2. The zero-order chi connectivity index (χ0) is 20.2. The van der Waals surface area contributed by atoms with Gasteiger partial charge in [0.05, 0.1) is 29.4 Å². The second-order valence-corrected chi connectivity index (χ2v) is 7.32. The Hall–Kier alpha value is -3.30. The Morgan fingerprint density at radius 1 is 1.17 bits per heavy atom. The highest BCUT2D eigenvalue weighted by Crippen LogP contribution is 2.28. The maximum atomic E-state index is 13.0. The fraction of sp³-hybridized carbons (Fsp3) is 0.200. The second kappa shape index (κ2) is 8.38. The summed E-state index contributed by atoms with van der Waals surface area (Å²) in [4.78, 5) is 29.9. The van der Waals surface area contributed by atoms with Crippen LogP contribution < -0.4 is 10.2 Å². The standard InChI is InChI=1S/C20H18N4O4S/c25-19(22-15-3-1-14(2-4-15)20-21-7-12-29-20)17-13-16(24(26)27)5-6-18(17)23-8-10-28-11-9-23/h1-7,12-13H,8-11H2,(H,22,25). The Kier molecular flexibility index (Phi) is 5.50. The molecule has 0 aliphatic carbocycles. The number of carbonyl (C=O) groups is 1. The third kappa shape index (κ3) is 4.25. The summed E-state index contributed by atoms with van der Waals surface area (Å²) in [7, 11) is 0. The number of thiazole rings is 1. The Balaban J connectivity index is 1.59. The van der Waals surface area contributed by atoms with Crippen molar-refractivity contribution >= 4 is 34.3 Å². The number of nitro groups is 1. The lowest BCUT2D eigenvalue weighted by Gasteiger charge is -2.30. The molecule has 1 amide bonds. The van der Waals surface area contributed by atoms with Crippen LogP contribution in [-0.4, -0.2) is 42.1 Å². The van der Waals surface area contributed by atoms with Gasteiger partial charge < -0.3 is 15.0 Å². The number of anilines is 2. The highest BCUT2D eigenvalue weighted by atomic mass is 32.1. The van der Waals surface area contributed by atoms with Crippen molar-refractivity contribution in [2.75, 3.05) is 36.5 Å². The Morgan fingerprint density at radius 3 is 2.59 bits per heavy atom. The average Bonchev–Trinajstić information content (AvgIpc) is 3.29. The van der Waals surface area contributed by atoms with Crippen LogP contribution in [0, 0.1) is 10.1 Å². The van der Waals surface area contributed by atoms with E-state index in [1.165, 1.54) is 23.5 Å². The van der Waals surface area contributed by atoms with E-state index in [9.17, 15) is 14.9 Å². The lowest BCUT2D eigenvalue weighted by atomic mass is 10.1. The van der Waals surface area contributed by atoms with Crippen molar-refractivity contribution in [2.24, 2.45) is 0 Å². The van der Waals surface area contributed by atoms with Crippen LogP contribution in [0.1, 0.15) is 10.4 Å². The van der Waals surface area contributed by atoms with Gasteiger partial charge in [0.1, 0.15) is 5.01 Å². The number of ether oxygens (including phenoxy) is 1. The van der Waals surface area contributed by atoms with Crippen LogP contribution in [0.25, 0.3) is 10.6 Å². The number of carbonyl (C=O) groups excluding carboxylic acids is 1. The highest BCUT2D eigenvalue weighted by molar-refractivity contribution is 7.13. The minimum Gasteiger partial charge on any atom is -0.378 e. The van der Waals surface area contributed by atoms with E-state index in [-0.39, 0.29) is 11.3 Å². The molecule has 0 radical (unpaired) electrons. The fourth-order valence-corrected chi connectivity index (χ4v) is 3.80. The maximum absolute atomic E-state index is 13.0. The molecule has 1 aromatic heterocycles. The molecule has 1 saturated heterocycles. The van der Waals surface area contributed by atoms with E-state index < -0.39 is 10.8 Å². The summed E-state index contributed by atoms with van der Waals surface area (Å²) in [5.74, 6) is -0.391. The molecule has 2 aromatic carbocycles. The molecule has 1 N–H and O–H groups in total. The molecule has 148 valence electrons. The molecular formula is C20H18N4O4S. The van der Waals surface area contributed by atoms with Gasteiger partial charge in [0.15, 0.2) is 0 Å². The summed E-state index contributed by atoms with van der Waals surface area (Å²) >= 11 is 1.54. The number of rotatable bonds is 5. The SMILES string of the molecule is O=C(Nc1ccc(-c2nccs2)cc1)c1cc([N+](=O)[O-])ccc1N1CCOCC1. The first-order chi connectivity index (χ1) is 14.1. The first-order valence-corrected chi connectivity index (χ1v) is 9.92. The van der Waals surface area contributed by atoms with Crippen LogP contribution in [0.5, 0.6) is 0 Å². The number of aromatic nitrogens is 1. The molecule has 1 aliphatic heterocycles. The van der Waals surface area contributed by atoms with Gasteiger partial charge in [-0.05, 0) is 30.3 Å². The molecule has 1 aliphatic rings. The number of nitrogens with one attached hydrogen (secondary N) is 1. The molecule has 9 heteroatoms. The van der Waals surface area contributed by atoms with Gasteiger partial charge in [-0.25, -0.2) is 4.98 Å². The normalized spacial score (nSPS) is 13.9. The van der Waals surface area contributed by atoms with Crippen LogP contribution in [0.3, 0.4) is 0 Å². The number of morpholine rings is 1. The van der Waals surface area contributed by atoms with E-state index in [1.807, 2.05) is 22.4 Å². The zero-order valence-electron chi connectivity index (χ0n) is 15.4. The number of nitrogens with zero attached hydrogens (tertiary/aromatic N) is 3.